The van der Waals surface area contributed by atoms with Gasteiger partial charge in [-0.1, -0.05) is 184 Å². The van der Waals surface area contributed by atoms with Crippen molar-refractivity contribution in [1.29, 1.82) is 0 Å². The van der Waals surface area contributed by atoms with Crippen LogP contribution in [0.4, 0.5) is 0 Å². The third-order valence-corrected chi connectivity index (χ3v) is 7.90. The number of aliphatic hydroxyl groups is 1. The molecular formula is C50H70O. The van der Waals surface area contributed by atoms with Gasteiger partial charge in [-0.15, -0.1) is 0 Å². The Labute approximate surface area is 314 Å². The fraction of sp³-hybridized carbons (Fsp3) is 0.360. The maximum Gasteiger partial charge on any atom is 0.0657 e. The Morgan fingerprint density at radius 3 is 1.16 bits per heavy atom. The number of hydrogen-bond acceptors (Lipinski definition) is 1. The topological polar surface area (TPSA) is 20.2 Å². The van der Waals surface area contributed by atoms with Gasteiger partial charge in [-0.3, -0.25) is 0 Å². The predicted octanol–water partition coefficient (Wildman–Crippen LogP) is 15.0. The van der Waals surface area contributed by atoms with Crippen molar-refractivity contribution >= 4 is 0 Å². The second-order valence-electron chi connectivity index (χ2n) is 14.8. The highest BCUT2D eigenvalue weighted by atomic mass is 16.3. The van der Waals surface area contributed by atoms with E-state index in [1.807, 2.05) is 13.8 Å². The summed E-state index contributed by atoms with van der Waals surface area (Å²) >= 11 is 0. The summed E-state index contributed by atoms with van der Waals surface area (Å²) in [6, 6.07) is 0. The molecule has 0 aromatic carbocycles. The maximum absolute atomic E-state index is 10.5. The Hall–Kier alpha value is -4.20. The van der Waals surface area contributed by atoms with E-state index in [0.29, 0.717) is 0 Å². The summed E-state index contributed by atoms with van der Waals surface area (Å²) in [5.74, 6) is 0.0745. The SMILES string of the molecule is CC(C)=CCC(/C=C/C(C)=C/C=C/C(C)=C/C=C/C(C)=C/C=C/C=C(C)/C=C/C=C(C)/C=C/C=C(C)/C=C/[C@@H](CC=C(C)C)C(C)(C)O)=C(C)C. The smallest absolute Gasteiger partial charge is 0.0657 e. The second kappa shape index (κ2) is 26.6. The van der Waals surface area contributed by atoms with Crippen LogP contribution in [0.1, 0.15) is 110 Å². The van der Waals surface area contributed by atoms with Crippen molar-refractivity contribution in [2.24, 2.45) is 5.92 Å². The summed E-state index contributed by atoms with van der Waals surface area (Å²) in [6.45, 7) is 29.2. The molecule has 1 heteroatoms. The van der Waals surface area contributed by atoms with Gasteiger partial charge in [0, 0.05) is 5.92 Å². The molecule has 1 atom stereocenters. The number of allylic oxidation sites excluding steroid dienone is 31. The Bertz CT molecular complexity index is 1580. The molecule has 0 saturated carbocycles. The van der Waals surface area contributed by atoms with Gasteiger partial charge in [-0.05, 0) is 115 Å². The van der Waals surface area contributed by atoms with E-state index >= 15 is 0 Å². The standard InChI is InChI=1S/C50H70O/c1-39(2)31-35-48(41(5)6)36-33-46(11)29-19-27-44(9)25-17-23-42(7)21-15-16-22-43(8)24-18-26-45(10)28-20-30-47(12)34-38-49(50(13,14)51)37-32-40(3)4/h15-34,36,38,49,51H,35,37H2,1-14H3/b16-15+,23-17+,24-18+,27-19+,28-20+,36-33+,38-34+,42-21+,43-22+,44-25+,45-26+,46-29+,47-30+/t49-/m1/s1. The first-order valence-corrected chi connectivity index (χ1v) is 18.3. The molecule has 0 aromatic heterocycles. The molecule has 0 spiro atoms. The van der Waals surface area contributed by atoms with Crippen LogP contribution in [0.5, 0.6) is 0 Å². The van der Waals surface area contributed by atoms with Gasteiger partial charge in [-0.2, -0.15) is 0 Å². The van der Waals surface area contributed by atoms with Crippen LogP contribution in [0.3, 0.4) is 0 Å². The van der Waals surface area contributed by atoms with Crippen LogP contribution in [0.2, 0.25) is 0 Å². The quantitative estimate of drug-likeness (QED) is 0.106. The van der Waals surface area contributed by atoms with E-state index in [9.17, 15) is 5.11 Å². The first kappa shape index (κ1) is 46.8. The van der Waals surface area contributed by atoms with Gasteiger partial charge >= 0.3 is 0 Å². The van der Waals surface area contributed by atoms with Gasteiger partial charge in [0.2, 0.25) is 0 Å². The van der Waals surface area contributed by atoms with Crippen LogP contribution >= 0.6 is 0 Å². The van der Waals surface area contributed by atoms with Crippen molar-refractivity contribution in [3.05, 3.63) is 189 Å². The predicted molar refractivity (Wildman–Crippen MR) is 233 cm³/mol. The second-order valence-corrected chi connectivity index (χ2v) is 14.8. The largest absolute Gasteiger partial charge is 0.390 e. The average Bonchev–Trinajstić information content (AvgIpc) is 3.02. The molecule has 1 nitrogen and oxygen atoms in total. The third kappa shape index (κ3) is 27.2. The molecule has 0 aliphatic heterocycles. The molecule has 276 valence electrons. The molecule has 0 aliphatic carbocycles. The Balaban J connectivity index is 5.06. The normalized spacial score (nSPS) is 15.6. The maximum atomic E-state index is 10.5. The summed E-state index contributed by atoms with van der Waals surface area (Å²) < 4.78 is 0. The fourth-order valence-electron chi connectivity index (χ4n) is 4.37. The van der Waals surface area contributed by atoms with Gasteiger partial charge in [0.05, 0.1) is 5.60 Å². The minimum absolute atomic E-state index is 0.0745. The minimum Gasteiger partial charge on any atom is -0.390 e. The van der Waals surface area contributed by atoms with Crippen molar-refractivity contribution in [1.82, 2.24) is 0 Å². The summed E-state index contributed by atoms with van der Waals surface area (Å²) in [5.41, 5.74) is 11.7. The molecule has 0 saturated heterocycles. The monoisotopic (exact) mass is 687 g/mol. The molecule has 0 amide bonds. The van der Waals surface area contributed by atoms with E-state index in [-0.39, 0.29) is 5.92 Å². The minimum atomic E-state index is -0.757. The van der Waals surface area contributed by atoms with Crippen molar-refractivity contribution in [2.75, 3.05) is 0 Å². The molecular weight excluding hydrogens is 617 g/mol. The Morgan fingerprint density at radius 2 is 0.804 bits per heavy atom. The molecule has 0 rings (SSSR count). The molecule has 0 fully saturated rings. The molecule has 0 radical (unpaired) electrons. The zero-order valence-electron chi connectivity index (χ0n) is 34.6. The Kier molecular flexibility index (Phi) is 24.4. The average molecular weight is 687 g/mol. The van der Waals surface area contributed by atoms with E-state index in [2.05, 4.69) is 217 Å². The molecule has 1 N–H and O–H groups in total. The molecule has 0 bridgehead atoms. The van der Waals surface area contributed by atoms with Crippen molar-refractivity contribution < 1.29 is 5.11 Å². The summed E-state index contributed by atoms with van der Waals surface area (Å²) in [7, 11) is 0. The molecule has 0 unspecified atom stereocenters. The molecule has 0 aliphatic rings. The lowest BCUT2D eigenvalue weighted by Crippen LogP contribution is -2.29. The van der Waals surface area contributed by atoms with E-state index in [1.54, 1.807) is 0 Å². The van der Waals surface area contributed by atoms with Crippen LogP contribution < -0.4 is 0 Å². The van der Waals surface area contributed by atoms with Crippen LogP contribution in [0.25, 0.3) is 0 Å². The highest BCUT2D eigenvalue weighted by Gasteiger charge is 2.23. The van der Waals surface area contributed by atoms with E-state index in [1.165, 1.54) is 50.2 Å². The van der Waals surface area contributed by atoms with Gasteiger partial charge in [0.25, 0.3) is 0 Å². The van der Waals surface area contributed by atoms with Crippen molar-refractivity contribution in [3.63, 3.8) is 0 Å². The van der Waals surface area contributed by atoms with Crippen molar-refractivity contribution in [2.45, 2.75) is 115 Å². The summed E-state index contributed by atoms with van der Waals surface area (Å²) in [6.07, 6.45) is 48.7. The van der Waals surface area contributed by atoms with Gasteiger partial charge in [0.1, 0.15) is 0 Å². The zero-order chi connectivity index (χ0) is 38.8. The molecule has 0 aromatic rings. The highest BCUT2D eigenvalue weighted by Crippen LogP contribution is 2.23. The van der Waals surface area contributed by atoms with Gasteiger partial charge in [0.15, 0.2) is 0 Å². The zero-order valence-corrected chi connectivity index (χ0v) is 34.6. The van der Waals surface area contributed by atoms with E-state index in [4.69, 9.17) is 0 Å². The Morgan fingerprint density at radius 1 is 0.451 bits per heavy atom. The van der Waals surface area contributed by atoms with Crippen LogP contribution in [0.15, 0.2) is 189 Å². The first-order chi connectivity index (χ1) is 23.9. The lowest BCUT2D eigenvalue weighted by Gasteiger charge is -2.26. The van der Waals surface area contributed by atoms with E-state index < -0.39 is 5.60 Å². The van der Waals surface area contributed by atoms with Crippen LogP contribution in [0, 0.1) is 5.92 Å². The van der Waals surface area contributed by atoms with E-state index in [0.717, 1.165) is 18.4 Å². The molecule has 0 heterocycles. The van der Waals surface area contributed by atoms with Gasteiger partial charge in [-0.25, -0.2) is 0 Å². The van der Waals surface area contributed by atoms with Gasteiger partial charge < -0.3 is 5.11 Å². The first-order valence-electron chi connectivity index (χ1n) is 18.3. The lowest BCUT2D eigenvalue weighted by atomic mass is 9.87. The van der Waals surface area contributed by atoms with Crippen molar-refractivity contribution in [3.8, 4) is 0 Å². The molecule has 51 heavy (non-hydrogen) atoms. The summed E-state index contributed by atoms with van der Waals surface area (Å²) in [5, 5.41) is 10.5. The number of hydrogen-bond donors (Lipinski definition) is 1. The highest BCUT2D eigenvalue weighted by molar-refractivity contribution is 5.35. The fourth-order valence-corrected chi connectivity index (χ4v) is 4.37. The van der Waals surface area contributed by atoms with Crippen LogP contribution in [-0.2, 0) is 0 Å². The third-order valence-electron chi connectivity index (χ3n) is 7.90. The number of rotatable bonds is 19. The summed E-state index contributed by atoms with van der Waals surface area (Å²) in [4.78, 5) is 0. The lowest BCUT2D eigenvalue weighted by molar-refractivity contribution is 0.0380. The van der Waals surface area contributed by atoms with Crippen LogP contribution in [-0.4, -0.2) is 10.7 Å².